The molecule has 0 radical (unpaired) electrons. The topological polar surface area (TPSA) is 50.3 Å². The van der Waals surface area contributed by atoms with Crippen LogP contribution in [0.4, 0.5) is 11.6 Å². The van der Waals surface area contributed by atoms with Gasteiger partial charge in [0.2, 0.25) is 0 Å². The molecule has 0 saturated heterocycles. The molecule has 0 saturated carbocycles. The number of hydrogen-bond acceptors (Lipinski definition) is 5. The number of aromatic nitrogens is 2. The summed E-state index contributed by atoms with van der Waals surface area (Å²) >= 11 is 0. The van der Waals surface area contributed by atoms with Gasteiger partial charge in [-0.3, -0.25) is 0 Å². The van der Waals surface area contributed by atoms with Crippen LogP contribution in [0.2, 0.25) is 0 Å². The van der Waals surface area contributed by atoms with E-state index in [2.05, 4.69) is 34.2 Å². The largest absolute Gasteiger partial charge is 0.385 e. The summed E-state index contributed by atoms with van der Waals surface area (Å²) in [6.07, 6.45) is 4.69. The number of methoxy groups -OCH3 is 1. The molecule has 1 aromatic heterocycles. The molecular formula is C13H24N4O. The predicted octanol–water partition coefficient (Wildman–Crippen LogP) is 1.94. The molecule has 0 aliphatic heterocycles. The fourth-order valence-electron chi connectivity index (χ4n) is 1.98. The molecule has 102 valence electrons. The van der Waals surface area contributed by atoms with Crippen molar-refractivity contribution in [2.45, 2.75) is 26.2 Å². The maximum Gasteiger partial charge on any atom is 0.137 e. The molecule has 0 aliphatic rings. The van der Waals surface area contributed by atoms with E-state index in [1.54, 1.807) is 13.4 Å². The molecule has 18 heavy (non-hydrogen) atoms. The van der Waals surface area contributed by atoms with Crippen molar-refractivity contribution in [1.29, 1.82) is 0 Å². The lowest BCUT2D eigenvalue weighted by atomic mass is 10.1. The maximum absolute atomic E-state index is 5.08. The Kier molecular flexibility index (Phi) is 6.43. The SMILES string of the molecule is CCCc1c(NC)ncnc1N(C)CCCOC. The Morgan fingerprint density at radius 3 is 2.78 bits per heavy atom. The summed E-state index contributed by atoms with van der Waals surface area (Å²) in [5.41, 5.74) is 1.20. The highest BCUT2D eigenvalue weighted by atomic mass is 16.5. The van der Waals surface area contributed by atoms with E-state index < -0.39 is 0 Å². The quantitative estimate of drug-likeness (QED) is 0.717. The van der Waals surface area contributed by atoms with E-state index in [-0.39, 0.29) is 0 Å². The van der Waals surface area contributed by atoms with E-state index in [0.717, 1.165) is 44.0 Å². The number of nitrogens with zero attached hydrogens (tertiary/aromatic N) is 3. The van der Waals surface area contributed by atoms with Crippen molar-refractivity contribution in [3.63, 3.8) is 0 Å². The maximum atomic E-state index is 5.08. The lowest BCUT2D eigenvalue weighted by Crippen LogP contribution is -2.23. The van der Waals surface area contributed by atoms with E-state index in [4.69, 9.17) is 4.74 Å². The van der Waals surface area contributed by atoms with Gasteiger partial charge in [-0.2, -0.15) is 0 Å². The van der Waals surface area contributed by atoms with Crippen molar-refractivity contribution in [1.82, 2.24) is 9.97 Å². The molecule has 0 bridgehead atoms. The van der Waals surface area contributed by atoms with Crippen LogP contribution in [0.15, 0.2) is 6.33 Å². The second-order valence-electron chi connectivity index (χ2n) is 4.29. The first-order valence-corrected chi connectivity index (χ1v) is 6.46. The number of hydrogen-bond donors (Lipinski definition) is 1. The molecule has 5 nitrogen and oxygen atoms in total. The van der Waals surface area contributed by atoms with Crippen LogP contribution in [0.1, 0.15) is 25.3 Å². The van der Waals surface area contributed by atoms with Crippen LogP contribution < -0.4 is 10.2 Å². The molecule has 1 aromatic rings. The van der Waals surface area contributed by atoms with E-state index in [1.807, 2.05) is 7.05 Å². The highest BCUT2D eigenvalue weighted by Gasteiger charge is 2.13. The zero-order chi connectivity index (χ0) is 13.4. The Morgan fingerprint density at radius 2 is 2.17 bits per heavy atom. The van der Waals surface area contributed by atoms with Crippen LogP contribution in [0.3, 0.4) is 0 Å². The van der Waals surface area contributed by atoms with E-state index >= 15 is 0 Å². The molecule has 5 heteroatoms. The summed E-state index contributed by atoms with van der Waals surface area (Å²) in [4.78, 5) is 10.9. The first-order chi connectivity index (χ1) is 8.74. The van der Waals surface area contributed by atoms with Gasteiger partial charge in [0.05, 0.1) is 0 Å². The summed E-state index contributed by atoms with van der Waals surface area (Å²) in [6, 6.07) is 0. The monoisotopic (exact) mass is 252 g/mol. The van der Waals surface area contributed by atoms with Gasteiger partial charge in [0.25, 0.3) is 0 Å². The minimum absolute atomic E-state index is 0.775. The molecule has 0 unspecified atom stereocenters. The predicted molar refractivity (Wildman–Crippen MR) is 75.3 cm³/mol. The minimum atomic E-state index is 0.775. The van der Waals surface area contributed by atoms with Crippen molar-refractivity contribution < 1.29 is 4.74 Å². The van der Waals surface area contributed by atoms with Crippen molar-refractivity contribution in [3.8, 4) is 0 Å². The summed E-state index contributed by atoms with van der Waals surface area (Å²) < 4.78 is 5.08. The summed E-state index contributed by atoms with van der Waals surface area (Å²) in [5.74, 6) is 1.95. The molecule has 0 fully saturated rings. The van der Waals surface area contributed by atoms with Crippen LogP contribution in [-0.4, -0.2) is 44.3 Å². The molecule has 0 aromatic carbocycles. The minimum Gasteiger partial charge on any atom is -0.385 e. The average Bonchev–Trinajstić information content (AvgIpc) is 2.39. The second kappa shape index (κ2) is 7.87. The van der Waals surface area contributed by atoms with Crippen LogP contribution in [0.25, 0.3) is 0 Å². The van der Waals surface area contributed by atoms with Gasteiger partial charge in [-0.25, -0.2) is 9.97 Å². The van der Waals surface area contributed by atoms with Crippen molar-refractivity contribution in [2.75, 3.05) is 44.6 Å². The standard InChI is InChI=1S/C13H24N4O/c1-5-7-11-12(14-2)15-10-16-13(11)17(3)8-6-9-18-4/h10H,5-9H2,1-4H3,(H,14,15,16). The third-order valence-corrected chi connectivity index (χ3v) is 2.86. The molecule has 1 heterocycles. The van der Waals surface area contributed by atoms with Crippen LogP contribution in [0, 0.1) is 0 Å². The average molecular weight is 252 g/mol. The van der Waals surface area contributed by atoms with Gasteiger partial charge >= 0.3 is 0 Å². The van der Waals surface area contributed by atoms with Crippen molar-refractivity contribution in [2.24, 2.45) is 0 Å². The third-order valence-electron chi connectivity index (χ3n) is 2.86. The molecular weight excluding hydrogens is 228 g/mol. The van der Waals surface area contributed by atoms with Crippen LogP contribution >= 0.6 is 0 Å². The van der Waals surface area contributed by atoms with Crippen LogP contribution in [0.5, 0.6) is 0 Å². The number of nitrogens with one attached hydrogen (secondary N) is 1. The fourth-order valence-corrected chi connectivity index (χ4v) is 1.98. The number of anilines is 2. The molecule has 0 aliphatic carbocycles. The van der Waals surface area contributed by atoms with E-state index in [9.17, 15) is 0 Å². The molecule has 1 rings (SSSR count). The number of rotatable bonds is 8. The second-order valence-corrected chi connectivity index (χ2v) is 4.29. The van der Waals surface area contributed by atoms with Gasteiger partial charge in [0.15, 0.2) is 0 Å². The van der Waals surface area contributed by atoms with Gasteiger partial charge in [0, 0.05) is 39.9 Å². The Labute approximate surface area is 110 Å². The van der Waals surface area contributed by atoms with Crippen LogP contribution in [-0.2, 0) is 11.2 Å². The summed E-state index contributed by atoms with van der Waals surface area (Å²) in [5, 5.41) is 3.14. The summed E-state index contributed by atoms with van der Waals surface area (Å²) in [7, 11) is 5.69. The highest BCUT2D eigenvalue weighted by molar-refractivity contribution is 5.58. The third kappa shape index (κ3) is 3.84. The molecule has 1 N–H and O–H groups in total. The lowest BCUT2D eigenvalue weighted by molar-refractivity contribution is 0.196. The fraction of sp³-hybridized carbons (Fsp3) is 0.692. The Bertz CT molecular complexity index is 357. The molecule has 0 atom stereocenters. The first-order valence-electron chi connectivity index (χ1n) is 6.46. The number of ether oxygens (including phenoxy) is 1. The summed E-state index contributed by atoms with van der Waals surface area (Å²) in [6.45, 7) is 3.88. The smallest absolute Gasteiger partial charge is 0.137 e. The molecule has 0 spiro atoms. The highest BCUT2D eigenvalue weighted by Crippen LogP contribution is 2.23. The van der Waals surface area contributed by atoms with Gasteiger partial charge in [0.1, 0.15) is 18.0 Å². The Morgan fingerprint density at radius 1 is 1.39 bits per heavy atom. The van der Waals surface area contributed by atoms with Gasteiger partial charge in [-0.1, -0.05) is 13.3 Å². The first kappa shape index (κ1) is 14.7. The zero-order valence-corrected chi connectivity index (χ0v) is 11.9. The Hall–Kier alpha value is -1.36. The van der Waals surface area contributed by atoms with Gasteiger partial charge in [-0.05, 0) is 12.8 Å². The van der Waals surface area contributed by atoms with E-state index in [1.165, 1.54) is 5.56 Å². The van der Waals surface area contributed by atoms with Crippen molar-refractivity contribution >= 4 is 11.6 Å². The van der Waals surface area contributed by atoms with E-state index in [0.29, 0.717) is 0 Å². The lowest BCUT2D eigenvalue weighted by Gasteiger charge is -2.22. The zero-order valence-electron chi connectivity index (χ0n) is 11.9. The van der Waals surface area contributed by atoms with Crippen molar-refractivity contribution in [3.05, 3.63) is 11.9 Å². The normalized spacial score (nSPS) is 10.4. The molecule has 0 amide bonds. The Balaban J connectivity index is 2.85. The van der Waals surface area contributed by atoms with Gasteiger partial charge < -0.3 is 15.0 Å². The van der Waals surface area contributed by atoms with Gasteiger partial charge in [-0.15, -0.1) is 0 Å².